The van der Waals surface area contributed by atoms with Crippen LogP contribution < -0.4 is 16.0 Å². The number of aromatic nitrogens is 2. The van der Waals surface area contributed by atoms with E-state index in [-0.39, 0.29) is 15.1 Å². The highest BCUT2D eigenvalue weighted by Crippen LogP contribution is 2.27. The van der Waals surface area contributed by atoms with E-state index in [2.05, 4.69) is 9.97 Å². The van der Waals surface area contributed by atoms with E-state index in [1.807, 2.05) is 0 Å². The number of anilines is 1. The molecule has 0 saturated carbocycles. The van der Waals surface area contributed by atoms with Crippen molar-refractivity contribution in [3.05, 3.63) is 44.0 Å². The molecule has 0 spiro atoms. The predicted octanol–water partition coefficient (Wildman–Crippen LogP) is 2.03. The molecule has 0 aliphatic carbocycles. The lowest BCUT2D eigenvalue weighted by Gasteiger charge is -2.07. The van der Waals surface area contributed by atoms with Gasteiger partial charge in [-0.25, -0.2) is 13.8 Å². The minimum Gasteiger partial charge on any atom is -0.434 e. The Hall–Kier alpha value is -1.71. The molecular formula is C10H6F2IN3O2. The van der Waals surface area contributed by atoms with Crippen LogP contribution in [0.4, 0.5) is 14.5 Å². The number of halogens is 3. The average molecular weight is 365 g/mol. The topological polar surface area (TPSA) is 81.0 Å². The smallest absolute Gasteiger partial charge is 0.268 e. The van der Waals surface area contributed by atoms with E-state index in [1.54, 1.807) is 22.6 Å². The summed E-state index contributed by atoms with van der Waals surface area (Å²) in [5.74, 6) is -2.15. The maximum absolute atomic E-state index is 13.5. The molecule has 0 amide bonds. The van der Waals surface area contributed by atoms with E-state index in [0.29, 0.717) is 0 Å². The third-order valence-corrected chi connectivity index (χ3v) is 2.97. The van der Waals surface area contributed by atoms with Crippen molar-refractivity contribution in [3.8, 4) is 11.6 Å². The number of hydrogen-bond acceptors (Lipinski definition) is 4. The van der Waals surface area contributed by atoms with Crippen molar-refractivity contribution in [1.29, 1.82) is 0 Å². The number of H-pyrrole nitrogens is 1. The van der Waals surface area contributed by atoms with Crippen LogP contribution >= 0.6 is 22.6 Å². The zero-order valence-corrected chi connectivity index (χ0v) is 10.9. The van der Waals surface area contributed by atoms with Gasteiger partial charge in [0.1, 0.15) is 9.39 Å². The molecule has 0 unspecified atom stereocenters. The molecule has 8 heteroatoms. The molecule has 2 aromatic rings. The fourth-order valence-electron chi connectivity index (χ4n) is 1.16. The second kappa shape index (κ2) is 4.88. The number of nitrogens with zero attached hydrogens (tertiary/aromatic N) is 1. The Labute approximate surface area is 113 Å². The van der Waals surface area contributed by atoms with Gasteiger partial charge in [0.2, 0.25) is 5.88 Å². The first kappa shape index (κ1) is 12.7. The number of nitrogen functional groups attached to an aromatic ring is 1. The number of hydrogen-bond donors (Lipinski definition) is 2. The van der Waals surface area contributed by atoms with E-state index >= 15 is 0 Å². The Bertz CT molecular complexity index is 660. The Morgan fingerprint density at radius 3 is 2.78 bits per heavy atom. The lowest BCUT2D eigenvalue weighted by atomic mass is 10.3. The molecule has 0 bridgehead atoms. The van der Waals surface area contributed by atoms with Crippen LogP contribution in [0.5, 0.6) is 11.6 Å². The predicted molar refractivity (Wildman–Crippen MR) is 68.4 cm³/mol. The maximum atomic E-state index is 13.5. The number of rotatable bonds is 2. The highest BCUT2D eigenvalue weighted by atomic mass is 127. The number of benzene rings is 1. The van der Waals surface area contributed by atoms with E-state index in [4.69, 9.17) is 10.5 Å². The first-order chi connectivity index (χ1) is 8.49. The minimum atomic E-state index is -0.841. The standard InChI is InChI=1S/C10H6F2IN3O2/c11-4-2-7(5(12)1-6(4)14)18-10-8(13)9(17)15-3-16-10/h1-3H,14H2,(H,15,16,17). The molecule has 0 fully saturated rings. The molecule has 0 saturated heterocycles. The molecule has 2 rings (SSSR count). The lowest BCUT2D eigenvalue weighted by Crippen LogP contribution is -2.11. The third-order valence-electron chi connectivity index (χ3n) is 2.02. The summed E-state index contributed by atoms with van der Waals surface area (Å²) in [5, 5.41) is 0. The Balaban J connectivity index is 2.43. The van der Waals surface area contributed by atoms with Gasteiger partial charge in [-0.2, -0.15) is 0 Å². The summed E-state index contributed by atoms with van der Waals surface area (Å²) in [6.45, 7) is 0. The highest BCUT2D eigenvalue weighted by molar-refractivity contribution is 14.1. The molecule has 0 radical (unpaired) electrons. The molecule has 1 aromatic carbocycles. The van der Waals surface area contributed by atoms with Crippen LogP contribution in [-0.2, 0) is 0 Å². The Kier molecular flexibility index (Phi) is 3.45. The van der Waals surface area contributed by atoms with Crippen LogP contribution in [0, 0.1) is 15.2 Å². The highest BCUT2D eigenvalue weighted by Gasteiger charge is 2.13. The summed E-state index contributed by atoms with van der Waals surface area (Å²) >= 11 is 1.69. The maximum Gasteiger partial charge on any atom is 0.268 e. The Morgan fingerprint density at radius 2 is 2.06 bits per heavy atom. The van der Waals surface area contributed by atoms with Crippen molar-refractivity contribution in [2.45, 2.75) is 0 Å². The summed E-state index contributed by atoms with van der Waals surface area (Å²) < 4.78 is 31.8. The number of nitrogens with two attached hydrogens (primary N) is 1. The van der Waals surface area contributed by atoms with Crippen molar-refractivity contribution in [3.63, 3.8) is 0 Å². The van der Waals surface area contributed by atoms with Crippen LogP contribution in [0.25, 0.3) is 0 Å². The average Bonchev–Trinajstić information content (AvgIpc) is 2.32. The molecule has 94 valence electrons. The van der Waals surface area contributed by atoms with Gasteiger partial charge in [0, 0.05) is 12.1 Å². The number of aromatic amines is 1. The molecule has 5 nitrogen and oxygen atoms in total. The second-order valence-corrected chi connectivity index (χ2v) is 4.34. The Morgan fingerprint density at radius 1 is 1.33 bits per heavy atom. The van der Waals surface area contributed by atoms with Crippen LogP contribution in [0.3, 0.4) is 0 Å². The van der Waals surface area contributed by atoms with Crippen molar-refractivity contribution in [1.82, 2.24) is 9.97 Å². The minimum absolute atomic E-state index is 0.109. The molecule has 0 atom stereocenters. The van der Waals surface area contributed by atoms with Crippen LogP contribution in [0.1, 0.15) is 0 Å². The summed E-state index contributed by atoms with van der Waals surface area (Å²) in [5.41, 5.74) is 4.44. The van der Waals surface area contributed by atoms with Crippen LogP contribution in [0.2, 0.25) is 0 Å². The molecule has 0 aliphatic rings. The molecule has 1 heterocycles. The van der Waals surface area contributed by atoms with Gasteiger partial charge < -0.3 is 15.5 Å². The van der Waals surface area contributed by atoms with Gasteiger partial charge in [-0.3, -0.25) is 4.79 Å². The van der Waals surface area contributed by atoms with Crippen molar-refractivity contribution in [2.75, 3.05) is 5.73 Å². The van der Waals surface area contributed by atoms with E-state index in [1.165, 1.54) is 0 Å². The van der Waals surface area contributed by atoms with Crippen LogP contribution in [-0.4, -0.2) is 9.97 Å². The van der Waals surface area contributed by atoms with Gasteiger partial charge in [-0.05, 0) is 22.6 Å². The van der Waals surface area contributed by atoms with E-state index in [9.17, 15) is 13.6 Å². The summed E-state index contributed by atoms with van der Waals surface area (Å²) in [4.78, 5) is 17.3. The van der Waals surface area contributed by atoms with Crippen molar-refractivity contribution >= 4 is 28.3 Å². The molecule has 3 N–H and O–H groups in total. The van der Waals surface area contributed by atoms with Crippen molar-refractivity contribution < 1.29 is 13.5 Å². The fraction of sp³-hybridized carbons (Fsp3) is 0. The first-order valence-electron chi connectivity index (χ1n) is 4.64. The van der Waals surface area contributed by atoms with Gasteiger partial charge >= 0.3 is 0 Å². The normalized spacial score (nSPS) is 10.4. The van der Waals surface area contributed by atoms with Crippen LogP contribution in [0.15, 0.2) is 23.3 Å². The third kappa shape index (κ3) is 2.42. The summed E-state index contributed by atoms with van der Waals surface area (Å²) in [6, 6.07) is 1.59. The summed E-state index contributed by atoms with van der Waals surface area (Å²) in [6.07, 6.45) is 1.10. The summed E-state index contributed by atoms with van der Waals surface area (Å²) in [7, 11) is 0. The molecule has 0 aliphatic heterocycles. The van der Waals surface area contributed by atoms with Gasteiger partial charge in [0.15, 0.2) is 11.6 Å². The SMILES string of the molecule is Nc1cc(F)c(Oc2nc[nH]c(=O)c2I)cc1F. The van der Waals surface area contributed by atoms with E-state index < -0.39 is 22.9 Å². The quantitative estimate of drug-likeness (QED) is 0.631. The first-order valence-corrected chi connectivity index (χ1v) is 5.72. The fourth-order valence-corrected chi connectivity index (χ4v) is 1.57. The van der Waals surface area contributed by atoms with Gasteiger partial charge in [0.05, 0.1) is 12.0 Å². The number of nitrogens with one attached hydrogen (secondary N) is 1. The van der Waals surface area contributed by atoms with E-state index in [0.717, 1.165) is 18.5 Å². The van der Waals surface area contributed by atoms with Gasteiger partial charge in [-0.1, -0.05) is 0 Å². The molecule has 18 heavy (non-hydrogen) atoms. The lowest BCUT2D eigenvalue weighted by molar-refractivity contribution is 0.418. The number of ether oxygens (including phenoxy) is 1. The molecular weight excluding hydrogens is 359 g/mol. The van der Waals surface area contributed by atoms with Gasteiger partial charge in [0.25, 0.3) is 5.56 Å². The van der Waals surface area contributed by atoms with Gasteiger partial charge in [-0.15, -0.1) is 0 Å². The zero-order valence-electron chi connectivity index (χ0n) is 8.71. The second-order valence-electron chi connectivity index (χ2n) is 3.26. The largest absolute Gasteiger partial charge is 0.434 e. The zero-order chi connectivity index (χ0) is 13.3. The molecule has 1 aromatic heterocycles. The van der Waals surface area contributed by atoms with Crippen molar-refractivity contribution in [2.24, 2.45) is 0 Å². The monoisotopic (exact) mass is 365 g/mol.